The molecule has 3 aromatic rings. The Morgan fingerprint density at radius 1 is 1.02 bits per heavy atom. The lowest BCUT2D eigenvalue weighted by molar-refractivity contribution is -0.147. The van der Waals surface area contributed by atoms with Crippen LogP contribution >= 0.6 is 23.2 Å². The fraction of sp³-hybridized carbons (Fsp3) is 0.419. The molecule has 7 nitrogen and oxygen atoms in total. The maximum Gasteiger partial charge on any atom is 0.226 e. The summed E-state index contributed by atoms with van der Waals surface area (Å²) >= 11 is 12.8. The summed E-state index contributed by atoms with van der Waals surface area (Å²) in [6.45, 7) is 2.75. The molecule has 0 aliphatic carbocycles. The molecule has 5 rings (SSSR count). The molecule has 3 heterocycles. The number of pyridine rings is 1. The van der Waals surface area contributed by atoms with Gasteiger partial charge in [0.05, 0.1) is 18.9 Å². The van der Waals surface area contributed by atoms with Gasteiger partial charge in [0, 0.05) is 59.2 Å². The fourth-order valence-corrected chi connectivity index (χ4v) is 8.13. The van der Waals surface area contributed by atoms with Gasteiger partial charge >= 0.3 is 0 Å². The maximum atomic E-state index is 14.6. The van der Waals surface area contributed by atoms with Gasteiger partial charge in [-0.05, 0) is 60.7 Å². The van der Waals surface area contributed by atoms with Gasteiger partial charge in [-0.3, -0.25) is 4.79 Å². The van der Waals surface area contributed by atoms with Crippen molar-refractivity contribution in [1.29, 1.82) is 0 Å². The number of hydrogen-bond donors (Lipinski definition) is 0. The van der Waals surface area contributed by atoms with E-state index in [1.54, 1.807) is 17.5 Å². The molecular formula is C31H35Cl2N3O4S. The summed E-state index contributed by atoms with van der Waals surface area (Å²) < 4.78 is 32.5. The lowest BCUT2D eigenvalue weighted by Gasteiger charge is -2.49. The van der Waals surface area contributed by atoms with E-state index in [0.717, 1.165) is 16.8 Å². The first-order valence-electron chi connectivity index (χ1n) is 14.0. The number of halogens is 2. The van der Waals surface area contributed by atoms with E-state index in [2.05, 4.69) is 11.1 Å². The van der Waals surface area contributed by atoms with Gasteiger partial charge in [-0.25, -0.2) is 13.4 Å². The zero-order valence-corrected chi connectivity index (χ0v) is 25.6. The SMILES string of the molecule is CC[C@@H](CN1CCCS1(=O)=O)N1C(=O)[C@H](Cc2cccc(OC)n2)CC(c2cccc(Cl)c2)[C@H]1c1ccc(Cl)cc1. The number of sulfonamides is 1. The molecule has 41 heavy (non-hydrogen) atoms. The molecule has 0 N–H and O–H groups in total. The van der Waals surface area contributed by atoms with E-state index in [1.807, 2.05) is 66.4 Å². The van der Waals surface area contributed by atoms with Crippen LogP contribution in [0.25, 0.3) is 0 Å². The van der Waals surface area contributed by atoms with Crippen LogP contribution in [0.4, 0.5) is 0 Å². The molecule has 10 heteroatoms. The largest absolute Gasteiger partial charge is 0.481 e. The van der Waals surface area contributed by atoms with Crippen molar-refractivity contribution in [2.75, 3.05) is 26.0 Å². The van der Waals surface area contributed by atoms with Crippen molar-refractivity contribution >= 4 is 39.1 Å². The number of piperidine rings is 1. The van der Waals surface area contributed by atoms with Gasteiger partial charge in [0.25, 0.3) is 0 Å². The van der Waals surface area contributed by atoms with E-state index in [4.69, 9.17) is 27.9 Å². The standard InChI is InChI=1S/C31H35Cl2N3O4S/c1-3-27(20-35-15-6-16-41(35,38)39)36-30(21-11-13-24(32)14-12-21)28(22-7-4-8-25(33)17-22)19-23(31(36)37)18-26-9-5-10-29(34-26)40-2/h4-5,7-14,17,23,27-28,30H,3,6,15-16,18-20H2,1-2H3/t23-,27+,28?,30-/m1/s1. The quantitative estimate of drug-likeness (QED) is 0.289. The number of ether oxygens (including phenoxy) is 1. The summed E-state index contributed by atoms with van der Waals surface area (Å²) in [7, 11) is -1.77. The number of hydrogen-bond acceptors (Lipinski definition) is 5. The molecule has 2 aromatic carbocycles. The fourth-order valence-electron chi connectivity index (χ4n) is 6.25. The Morgan fingerprint density at radius 2 is 1.78 bits per heavy atom. The van der Waals surface area contributed by atoms with E-state index in [-0.39, 0.29) is 42.1 Å². The predicted octanol–water partition coefficient (Wildman–Crippen LogP) is 6.13. The molecule has 2 aliphatic rings. The Bertz CT molecular complexity index is 1480. The highest BCUT2D eigenvalue weighted by Gasteiger charge is 2.46. The van der Waals surface area contributed by atoms with Crippen molar-refractivity contribution in [1.82, 2.24) is 14.2 Å². The summed E-state index contributed by atoms with van der Waals surface area (Å²) in [6, 6.07) is 20.3. The molecule has 2 fully saturated rings. The highest BCUT2D eigenvalue weighted by atomic mass is 35.5. The van der Waals surface area contributed by atoms with Crippen LogP contribution in [-0.4, -0.2) is 60.5 Å². The number of rotatable bonds is 9. The molecule has 1 amide bonds. The second kappa shape index (κ2) is 12.7. The summed E-state index contributed by atoms with van der Waals surface area (Å²) in [5.74, 6) is 0.182. The smallest absolute Gasteiger partial charge is 0.226 e. The van der Waals surface area contributed by atoms with Crippen LogP contribution in [-0.2, 0) is 21.2 Å². The van der Waals surface area contributed by atoms with Gasteiger partial charge in [-0.1, -0.05) is 60.5 Å². The first-order chi connectivity index (χ1) is 19.7. The van der Waals surface area contributed by atoms with E-state index >= 15 is 0 Å². The minimum absolute atomic E-state index is 0.00343. The van der Waals surface area contributed by atoms with Crippen LogP contribution in [0, 0.1) is 5.92 Å². The summed E-state index contributed by atoms with van der Waals surface area (Å²) in [5.41, 5.74) is 2.75. The number of methoxy groups -OCH3 is 1. The highest BCUT2D eigenvalue weighted by Crippen LogP contribution is 2.47. The van der Waals surface area contributed by atoms with Crippen LogP contribution in [0.1, 0.15) is 55.0 Å². The Hall–Kier alpha value is -2.65. The van der Waals surface area contributed by atoms with Crippen molar-refractivity contribution < 1.29 is 17.9 Å². The van der Waals surface area contributed by atoms with E-state index in [0.29, 0.717) is 48.2 Å². The van der Waals surface area contributed by atoms with Crippen molar-refractivity contribution in [3.05, 3.63) is 93.6 Å². The highest BCUT2D eigenvalue weighted by molar-refractivity contribution is 7.89. The Kier molecular flexibility index (Phi) is 9.24. The third-order valence-electron chi connectivity index (χ3n) is 8.24. The van der Waals surface area contributed by atoms with E-state index < -0.39 is 10.0 Å². The molecule has 0 radical (unpaired) electrons. The van der Waals surface area contributed by atoms with Crippen LogP contribution in [0.2, 0.25) is 10.0 Å². The number of amides is 1. The molecule has 2 aliphatic heterocycles. The van der Waals surface area contributed by atoms with Gasteiger partial charge < -0.3 is 9.64 Å². The number of likely N-dealkylation sites (tertiary alicyclic amines) is 1. The van der Waals surface area contributed by atoms with E-state index in [1.165, 1.54) is 0 Å². The Morgan fingerprint density at radius 3 is 2.44 bits per heavy atom. The first kappa shape index (κ1) is 29.8. The molecule has 1 unspecified atom stereocenters. The lowest BCUT2D eigenvalue weighted by Crippen LogP contribution is -2.55. The van der Waals surface area contributed by atoms with Crippen molar-refractivity contribution in [3.8, 4) is 5.88 Å². The lowest BCUT2D eigenvalue weighted by atomic mass is 9.74. The van der Waals surface area contributed by atoms with Crippen LogP contribution in [0.5, 0.6) is 5.88 Å². The second-order valence-electron chi connectivity index (χ2n) is 10.8. The maximum absolute atomic E-state index is 14.6. The molecule has 2 saturated heterocycles. The molecular weight excluding hydrogens is 581 g/mol. The Balaban J connectivity index is 1.61. The average Bonchev–Trinajstić information content (AvgIpc) is 3.30. The topological polar surface area (TPSA) is 79.8 Å². The van der Waals surface area contributed by atoms with Gasteiger partial charge in [0.1, 0.15) is 0 Å². The predicted molar refractivity (Wildman–Crippen MR) is 162 cm³/mol. The number of carbonyl (C=O) groups is 1. The molecule has 4 atom stereocenters. The summed E-state index contributed by atoms with van der Waals surface area (Å²) in [4.78, 5) is 21.1. The van der Waals surface area contributed by atoms with Gasteiger partial charge in [-0.15, -0.1) is 0 Å². The molecule has 0 spiro atoms. The minimum Gasteiger partial charge on any atom is -0.481 e. The third kappa shape index (κ3) is 6.56. The van der Waals surface area contributed by atoms with Crippen molar-refractivity contribution in [2.24, 2.45) is 5.92 Å². The van der Waals surface area contributed by atoms with Gasteiger partial charge in [0.2, 0.25) is 21.8 Å². The molecule has 0 saturated carbocycles. The summed E-state index contributed by atoms with van der Waals surface area (Å²) in [5, 5.41) is 1.24. The number of nitrogens with zero attached hydrogens (tertiary/aromatic N) is 3. The summed E-state index contributed by atoms with van der Waals surface area (Å²) in [6.07, 6.45) is 2.23. The van der Waals surface area contributed by atoms with Crippen LogP contribution in [0.15, 0.2) is 66.7 Å². The van der Waals surface area contributed by atoms with Crippen LogP contribution in [0.3, 0.4) is 0 Å². The number of aromatic nitrogens is 1. The third-order valence-corrected chi connectivity index (χ3v) is 10.6. The van der Waals surface area contributed by atoms with Gasteiger partial charge in [-0.2, -0.15) is 4.31 Å². The zero-order valence-electron chi connectivity index (χ0n) is 23.2. The number of carbonyl (C=O) groups excluding carboxylic acids is 1. The molecule has 1 aromatic heterocycles. The van der Waals surface area contributed by atoms with Gasteiger partial charge in [0.15, 0.2) is 0 Å². The van der Waals surface area contributed by atoms with E-state index in [9.17, 15) is 13.2 Å². The monoisotopic (exact) mass is 615 g/mol. The minimum atomic E-state index is -3.34. The van der Waals surface area contributed by atoms with Crippen molar-refractivity contribution in [2.45, 2.75) is 50.6 Å². The first-order valence-corrected chi connectivity index (χ1v) is 16.4. The normalized spacial score (nSPS) is 23.5. The molecule has 0 bridgehead atoms. The second-order valence-corrected chi connectivity index (χ2v) is 13.8. The number of benzene rings is 2. The van der Waals surface area contributed by atoms with Crippen molar-refractivity contribution in [3.63, 3.8) is 0 Å². The average molecular weight is 617 g/mol. The zero-order chi connectivity index (χ0) is 29.1. The molecule has 218 valence electrons. The Labute approximate surface area is 252 Å². The van der Waals surface area contributed by atoms with Crippen LogP contribution < -0.4 is 4.74 Å².